The average molecular weight is 260 g/mol. The lowest BCUT2D eigenvalue weighted by molar-refractivity contribution is 0.0656. The molecule has 4 heteroatoms. The first-order chi connectivity index (χ1) is 9.31. The van der Waals surface area contributed by atoms with Crippen molar-refractivity contribution in [3.05, 3.63) is 17.5 Å². The van der Waals surface area contributed by atoms with Crippen LogP contribution in [0.4, 0.5) is 0 Å². The van der Waals surface area contributed by atoms with Crippen LogP contribution in [0.2, 0.25) is 0 Å². The van der Waals surface area contributed by atoms with Crippen LogP contribution in [-0.4, -0.2) is 40.4 Å². The molecule has 1 N–H and O–H groups in total. The Bertz CT molecular complexity index is 459. The van der Waals surface area contributed by atoms with E-state index in [2.05, 4.69) is 33.2 Å². The fraction of sp³-hybridized carbons (Fsp3) is 0.800. The molecule has 104 valence electrons. The topological polar surface area (TPSA) is 33.1 Å². The second-order valence-electron chi connectivity index (χ2n) is 6.53. The fourth-order valence-electron chi connectivity index (χ4n) is 4.29. The first kappa shape index (κ1) is 11.9. The number of nitrogens with zero attached hydrogens (tertiary/aromatic N) is 3. The quantitative estimate of drug-likeness (QED) is 0.874. The Morgan fingerprint density at radius 2 is 2.11 bits per heavy atom. The fourth-order valence-corrected chi connectivity index (χ4v) is 4.29. The largest absolute Gasteiger partial charge is 0.305 e. The molecule has 1 aliphatic carbocycles. The van der Waals surface area contributed by atoms with Gasteiger partial charge in [0.1, 0.15) is 0 Å². The Kier molecular flexibility index (Phi) is 2.88. The number of fused-ring (bicyclic) bond motifs is 4. The zero-order chi connectivity index (χ0) is 12.8. The molecule has 0 amide bonds. The van der Waals surface area contributed by atoms with Gasteiger partial charge < -0.3 is 10.2 Å². The Balaban J connectivity index is 1.52. The van der Waals surface area contributed by atoms with Gasteiger partial charge in [0.15, 0.2) is 0 Å². The van der Waals surface area contributed by atoms with Crippen LogP contribution >= 0.6 is 0 Å². The maximum absolute atomic E-state index is 4.46. The second-order valence-corrected chi connectivity index (χ2v) is 6.53. The molecule has 3 saturated heterocycles. The summed E-state index contributed by atoms with van der Waals surface area (Å²) in [5, 5.41) is 8.42. The number of nitrogens with one attached hydrogen (secondary N) is 1. The highest BCUT2D eigenvalue weighted by Crippen LogP contribution is 2.33. The molecule has 0 aromatic carbocycles. The predicted octanol–water partition coefficient (Wildman–Crippen LogP) is 1.48. The Hall–Kier alpha value is -0.870. The molecule has 3 aliphatic heterocycles. The molecule has 1 aromatic heterocycles. The van der Waals surface area contributed by atoms with Crippen LogP contribution in [0.5, 0.6) is 0 Å². The van der Waals surface area contributed by atoms with Gasteiger partial charge in [0, 0.05) is 36.9 Å². The summed E-state index contributed by atoms with van der Waals surface area (Å²) >= 11 is 0. The van der Waals surface area contributed by atoms with E-state index in [4.69, 9.17) is 0 Å². The van der Waals surface area contributed by atoms with Crippen molar-refractivity contribution >= 4 is 0 Å². The Morgan fingerprint density at radius 3 is 2.84 bits per heavy atom. The maximum Gasteiger partial charge on any atom is 0.0540 e. The summed E-state index contributed by atoms with van der Waals surface area (Å²) in [5.41, 5.74) is 2.91. The lowest BCUT2D eigenvalue weighted by Crippen LogP contribution is -2.56. The molecule has 3 fully saturated rings. The summed E-state index contributed by atoms with van der Waals surface area (Å²) in [5.74, 6) is 0.909. The second kappa shape index (κ2) is 4.60. The molecule has 4 nitrogen and oxygen atoms in total. The number of rotatable bonds is 2. The molecule has 0 saturated carbocycles. The van der Waals surface area contributed by atoms with Gasteiger partial charge in [0.25, 0.3) is 0 Å². The van der Waals surface area contributed by atoms with Crippen molar-refractivity contribution in [2.45, 2.75) is 44.2 Å². The van der Waals surface area contributed by atoms with Gasteiger partial charge in [-0.3, -0.25) is 4.68 Å². The van der Waals surface area contributed by atoms with Gasteiger partial charge in [-0.05, 0) is 51.1 Å². The third-order valence-corrected chi connectivity index (χ3v) is 5.45. The highest BCUT2D eigenvalue weighted by molar-refractivity contribution is 5.25. The first-order valence-electron chi connectivity index (χ1n) is 7.80. The highest BCUT2D eigenvalue weighted by atomic mass is 15.3. The minimum atomic E-state index is 0.544. The number of aromatic nitrogens is 2. The van der Waals surface area contributed by atoms with Crippen molar-refractivity contribution in [1.82, 2.24) is 20.0 Å². The molecule has 5 rings (SSSR count). The summed E-state index contributed by atoms with van der Waals surface area (Å²) in [7, 11) is 2.08. The van der Waals surface area contributed by atoms with Crippen LogP contribution in [-0.2, 0) is 13.5 Å². The van der Waals surface area contributed by atoms with Gasteiger partial charge in [0.05, 0.1) is 6.20 Å². The van der Waals surface area contributed by atoms with E-state index >= 15 is 0 Å². The van der Waals surface area contributed by atoms with Gasteiger partial charge in [-0.15, -0.1) is 0 Å². The third-order valence-electron chi connectivity index (χ3n) is 5.45. The van der Waals surface area contributed by atoms with E-state index in [0.29, 0.717) is 12.1 Å². The van der Waals surface area contributed by atoms with Crippen molar-refractivity contribution in [1.29, 1.82) is 0 Å². The Morgan fingerprint density at radius 1 is 1.26 bits per heavy atom. The number of hydrogen-bond acceptors (Lipinski definition) is 3. The molecule has 19 heavy (non-hydrogen) atoms. The molecular formula is C15H24N4. The van der Waals surface area contributed by atoms with Crippen molar-refractivity contribution < 1.29 is 0 Å². The third kappa shape index (κ3) is 2.01. The lowest BCUT2D eigenvalue weighted by atomic mass is 9.82. The molecular weight excluding hydrogens is 236 g/mol. The van der Waals surface area contributed by atoms with E-state index in [9.17, 15) is 0 Å². The summed E-state index contributed by atoms with van der Waals surface area (Å²) in [6.07, 6.45) is 8.65. The Labute approximate surface area is 115 Å². The van der Waals surface area contributed by atoms with Crippen LogP contribution in [0.3, 0.4) is 0 Å². The molecule has 2 atom stereocenters. The molecule has 4 aliphatic rings. The molecule has 4 heterocycles. The van der Waals surface area contributed by atoms with Gasteiger partial charge in [0.2, 0.25) is 0 Å². The molecule has 2 bridgehead atoms. The normalized spacial score (nSPS) is 37.3. The number of hydrogen-bond donors (Lipinski definition) is 1. The van der Waals surface area contributed by atoms with Gasteiger partial charge in [-0.25, -0.2) is 0 Å². The maximum atomic E-state index is 4.46. The van der Waals surface area contributed by atoms with Crippen LogP contribution in [0, 0.1) is 5.92 Å². The molecule has 1 aromatic rings. The van der Waals surface area contributed by atoms with Gasteiger partial charge in [-0.1, -0.05) is 0 Å². The van der Waals surface area contributed by atoms with E-state index < -0.39 is 0 Å². The summed E-state index contributed by atoms with van der Waals surface area (Å²) in [4.78, 5) is 2.63. The van der Waals surface area contributed by atoms with E-state index in [-0.39, 0.29) is 0 Å². The number of aryl methyl sites for hydroxylation is 1. The van der Waals surface area contributed by atoms with Crippen molar-refractivity contribution in [2.75, 3.05) is 19.6 Å². The zero-order valence-electron chi connectivity index (χ0n) is 11.8. The zero-order valence-corrected chi connectivity index (χ0v) is 11.8. The monoisotopic (exact) mass is 260 g/mol. The summed E-state index contributed by atoms with van der Waals surface area (Å²) in [6, 6.07) is 1.25. The van der Waals surface area contributed by atoms with Crippen molar-refractivity contribution in [2.24, 2.45) is 13.0 Å². The van der Waals surface area contributed by atoms with E-state index in [0.717, 1.165) is 5.92 Å². The smallest absolute Gasteiger partial charge is 0.0540 e. The first-order valence-corrected chi connectivity index (χ1v) is 7.80. The average Bonchev–Trinajstić information content (AvgIpc) is 2.83. The van der Waals surface area contributed by atoms with Crippen molar-refractivity contribution in [3.63, 3.8) is 0 Å². The van der Waals surface area contributed by atoms with Crippen LogP contribution in [0.25, 0.3) is 0 Å². The molecule has 0 radical (unpaired) electrons. The van der Waals surface area contributed by atoms with Crippen molar-refractivity contribution in [3.8, 4) is 0 Å². The van der Waals surface area contributed by atoms with E-state index in [1.165, 1.54) is 63.0 Å². The summed E-state index contributed by atoms with van der Waals surface area (Å²) < 4.78 is 2.07. The highest BCUT2D eigenvalue weighted by Gasteiger charge is 2.36. The molecule has 2 unspecified atom stereocenters. The van der Waals surface area contributed by atoms with Gasteiger partial charge >= 0.3 is 0 Å². The predicted molar refractivity (Wildman–Crippen MR) is 75.0 cm³/mol. The SMILES string of the molecule is Cn1ncc2c1CCCC2NC1CN2CCC1CC2. The minimum absolute atomic E-state index is 0.544. The van der Waals surface area contributed by atoms with Crippen LogP contribution in [0.15, 0.2) is 6.20 Å². The summed E-state index contributed by atoms with van der Waals surface area (Å²) in [6.45, 7) is 3.91. The van der Waals surface area contributed by atoms with Gasteiger partial charge in [-0.2, -0.15) is 5.10 Å². The standard InChI is InChI=1S/C15H24N4/c1-18-15-4-2-3-13(12(15)9-16-18)17-14-10-19-7-5-11(14)6-8-19/h9,11,13-14,17H,2-8,10H2,1H3. The van der Waals surface area contributed by atoms with E-state index in [1.54, 1.807) is 0 Å². The van der Waals surface area contributed by atoms with Crippen LogP contribution in [0.1, 0.15) is 43.0 Å². The lowest BCUT2D eigenvalue weighted by Gasteiger charge is -2.46. The van der Waals surface area contributed by atoms with E-state index in [1.807, 2.05) is 0 Å². The van der Waals surface area contributed by atoms with Crippen LogP contribution < -0.4 is 5.32 Å². The minimum Gasteiger partial charge on any atom is -0.305 e. The number of piperidine rings is 3. The molecule has 0 spiro atoms.